The average Bonchev–Trinajstić information content (AvgIpc) is 2.62. The highest BCUT2D eigenvalue weighted by Gasteiger charge is 2.42. The van der Waals surface area contributed by atoms with Crippen LogP contribution >= 0.6 is 0 Å². The first kappa shape index (κ1) is 17.5. The summed E-state index contributed by atoms with van der Waals surface area (Å²) in [5.74, 6) is 0.857. The SMILES string of the molecule is CCOC(=O)C[C@H]1OCC(=O)N2CCc3cc(OC)c(OC)cc3[C@H]12. The molecule has 1 aromatic carbocycles. The van der Waals surface area contributed by atoms with Crippen LogP contribution < -0.4 is 9.47 Å². The predicted octanol–water partition coefficient (Wildman–Crippen LogP) is 1.48. The van der Waals surface area contributed by atoms with Gasteiger partial charge in [-0.1, -0.05) is 0 Å². The molecule has 1 aromatic rings. The molecule has 25 heavy (non-hydrogen) atoms. The standard InChI is InChI=1S/C18H23NO6/c1-4-24-17(21)9-15-18-12-8-14(23-3)13(22-2)7-11(12)5-6-19(18)16(20)10-25-15/h7-8,15,18H,4-6,9-10H2,1-3H3/t15-,18-/m1/s1. The predicted molar refractivity (Wildman–Crippen MR) is 88.7 cm³/mol. The highest BCUT2D eigenvalue weighted by molar-refractivity contribution is 5.80. The van der Waals surface area contributed by atoms with Crippen molar-refractivity contribution in [3.8, 4) is 11.5 Å². The van der Waals surface area contributed by atoms with E-state index in [0.717, 1.165) is 17.5 Å². The van der Waals surface area contributed by atoms with Crippen LogP contribution in [0.5, 0.6) is 11.5 Å². The number of esters is 1. The van der Waals surface area contributed by atoms with Gasteiger partial charge in [-0.25, -0.2) is 0 Å². The molecule has 1 saturated heterocycles. The van der Waals surface area contributed by atoms with E-state index in [-0.39, 0.29) is 30.9 Å². The largest absolute Gasteiger partial charge is 0.493 e. The second-order valence-electron chi connectivity index (χ2n) is 6.05. The Morgan fingerprint density at radius 2 is 2.00 bits per heavy atom. The molecule has 0 spiro atoms. The lowest BCUT2D eigenvalue weighted by atomic mass is 9.86. The molecule has 136 valence electrons. The van der Waals surface area contributed by atoms with Crippen LogP contribution in [0.2, 0.25) is 0 Å². The lowest BCUT2D eigenvalue weighted by Crippen LogP contribution is -2.52. The van der Waals surface area contributed by atoms with Crippen molar-refractivity contribution in [1.29, 1.82) is 0 Å². The Morgan fingerprint density at radius 3 is 2.68 bits per heavy atom. The summed E-state index contributed by atoms with van der Waals surface area (Å²) in [6.07, 6.45) is 0.397. The lowest BCUT2D eigenvalue weighted by Gasteiger charge is -2.44. The Bertz CT molecular complexity index is 674. The maximum atomic E-state index is 12.3. The first-order valence-electron chi connectivity index (χ1n) is 8.40. The Kier molecular flexibility index (Phi) is 5.13. The molecule has 3 rings (SSSR count). The fourth-order valence-corrected chi connectivity index (χ4v) is 3.56. The number of morpholine rings is 1. The fraction of sp³-hybridized carbons (Fsp3) is 0.556. The number of carbonyl (C=O) groups excluding carboxylic acids is 2. The van der Waals surface area contributed by atoms with Crippen LogP contribution in [0.3, 0.4) is 0 Å². The number of nitrogens with zero attached hydrogens (tertiary/aromatic N) is 1. The van der Waals surface area contributed by atoms with Crippen molar-refractivity contribution in [2.75, 3.05) is 34.0 Å². The highest BCUT2D eigenvalue weighted by Crippen LogP contribution is 2.42. The van der Waals surface area contributed by atoms with Gasteiger partial charge in [0.2, 0.25) is 5.91 Å². The Hall–Kier alpha value is -2.28. The summed E-state index contributed by atoms with van der Waals surface area (Å²) in [4.78, 5) is 26.0. The first-order chi connectivity index (χ1) is 12.1. The van der Waals surface area contributed by atoms with Gasteiger partial charge in [0.15, 0.2) is 11.5 Å². The highest BCUT2D eigenvalue weighted by atomic mass is 16.5. The van der Waals surface area contributed by atoms with Gasteiger partial charge in [-0.05, 0) is 36.6 Å². The number of hydrogen-bond acceptors (Lipinski definition) is 6. The summed E-state index contributed by atoms with van der Waals surface area (Å²) < 4.78 is 21.5. The molecule has 0 saturated carbocycles. The maximum Gasteiger partial charge on any atom is 0.308 e. The number of hydrogen-bond donors (Lipinski definition) is 0. The van der Waals surface area contributed by atoms with Gasteiger partial charge in [-0.15, -0.1) is 0 Å². The third-order valence-electron chi connectivity index (χ3n) is 4.69. The quantitative estimate of drug-likeness (QED) is 0.750. The van der Waals surface area contributed by atoms with E-state index in [9.17, 15) is 9.59 Å². The van der Waals surface area contributed by atoms with Gasteiger partial charge in [0.25, 0.3) is 0 Å². The monoisotopic (exact) mass is 349 g/mol. The van der Waals surface area contributed by atoms with Crippen molar-refractivity contribution in [3.05, 3.63) is 23.3 Å². The van der Waals surface area contributed by atoms with Crippen LogP contribution in [-0.2, 0) is 25.5 Å². The van der Waals surface area contributed by atoms with Crippen LogP contribution in [-0.4, -0.2) is 56.9 Å². The Labute approximate surface area is 146 Å². The van der Waals surface area contributed by atoms with E-state index in [2.05, 4.69) is 0 Å². The van der Waals surface area contributed by atoms with Gasteiger partial charge in [0.05, 0.1) is 39.4 Å². The Morgan fingerprint density at radius 1 is 1.28 bits per heavy atom. The molecular weight excluding hydrogens is 326 g/mol. The molecule has 0 unspecified atom stereocenters. The van der Waals surface area contributed by atoms with Crippen LogP contribution in [0.25, 0.3) is 0 Å². The van der Waals surface area contributed by atoms with E-state index >= 15 is 0 Å². The van der Waals surface area contributed by atoms with E-state index < -0.39 is 6.10 Å². The zero-order valence-corrected chi connectivity index (χ0v) is 14.7. The van der Waals surface area contributed by atoms with Crippen LogP contribution in [0.1, 0.15) is 30.5 Å². The molecule has 2 atom stereocenters. The second-order valence-corrected chi connectivity index (χ2v) is 6.05. The fourth-order valence-electron chi connectivity index (χ4n) is 3.56. The summed E-state index contributed by atoms with van der Waals surface area (Å²) in [5, 5.41) is 0. The van der Waals surface area contributed by atoms with Crippen molar-refractivity contribution in [1.82, 2.24) is 4.90 Å². The summed E-state index contributed by atoms with van der Waals surface area (Å²) in [6, 6.07) is 3.49. The van der Waals surface area contributed by atoms with Crippen molar-refractivity contribution in [2.45, 2.75) is 31.9 Å². The van der Waals surface area contributed by atoms with Crippen molar-refractivity contribution >= 4 is 11.9 Å². The van der Waals surface area contributed by atoms with Crippen LogP contribution in [0, 0.1) is 0 Å². The smallest absolute Gasteiger partial charge is 0.308 e. The van der Waals surface area contributed by atoms with E-state index in [1.807, 2.05) is 12.1 Å². The number of benzene rings is 1. The van der Waals surface area contributed by atoms with E-state index in [1.54, 1.807) is 26.0 Å². The lowest BCUT2D eigenvalue weighted by molar-refractivity contribution is -0.166. The molecule has 7 heteroatoms. The molecule has 1 fully saturated rings. The third kappa shape index (κ3) is 3.28. The number of ether oxygens (including phenoxy) is 4. The summed E-state index contributed by atoms with van der Waals surface area (Å²) in [6.45, 7) is 2.67. The van der Waals surface area contributed by atoms with Gasteiger partial charge in [0, 0.05) is 6.54 Å². The van der Waals surface area contributed by atoms with Crippen LogP contribution in [0.4, 0.5) is 0 Å². The molecule has 0 bridgehead atoms. The van der Waals surface area contributed by atoms with Gasteiger partial charge >= 0.3 is 5.97 Å². The normalized spacial score (nSPS) is 22.0. The molecule has 0 radical (unpaired) electrons. The molecule has 1 amide bonds. The molecule has 2 heterocycles. The molecule has 0 aromatic heterocycles. The van der Waals surface area contributed by atoms with Gasteiger partial charge in [-0.2, -0.15) is 0 Å². The minimum atomic E-state index is -0.436. The van der Waals surface area contributed by atoms with Crippen molar-refractivity contribution < 1.29 is 28.5 Å². The molecular formula is C18H23NO6. The van der Waals surface area contributed by atoms with Crippen LogP contribution in [0.15, 0.2) is 12.1 Å². The molecule has 7 nitrogen and oxygen atoms in total. The topological polar surface area (TPSA) is 74.3 Å². The second kappa shape index (κ2) is 7.31. The van der Waals surface area contributed by atoms with E-state index in [4.69, 9.17) is 18.9 Å². The minimum Gasteiger partial charge on any atom is -0.493 e. The first-order valence-corrected chi connectivity index (χ1v) is 8.40. The van der Waals surface area contributed by atoms with Gasteiger partial charge in [0.1, 0.15) is 6.61 Å². The van der Waals surface area contributed by atoms with E-state index in [1.165, 1.54) is 0 Å². The van der Waals surface area contributed by atoms with E-state index in [0.29, 0.717) is 24.7 Å². The molecule has 0 aliphatic carbocycles. The Balaban J connectivity index is 1.98. The molecule has 2 aliphatic heterocycles. The third-order valence-corrected chi connectivity index (χ3v) is 4.69. The number of methoxy groups -OCH3 is 2. The summed E-state index contributed by atoms with van der Waals surface area (Å²) in [5.41, 5.74) is 2.01. The summed E-state index contributed by atoms with van der Waals surface area (Å²) >= 11 is 0. The minimum absolute atomic E-state index is 0.0107. The number of amides is 1. The average molecular weight is 349 g/mol. The number of rotatable bonds is 5. The summed E-state index contributed by atoms with van der Waals surface area (Å²) in [7, 11) is 3.17. The molecule has 0 N–H and O–H groups in total. The van der Waals surface area contributed by atoms with Gasteiger partial charge in [-0.3, -0.25) is 9.59 Å². The number of fused-ring (bicyclic) bond motifs is 3. The van der Waals surface area contributed by atoms with Gasteiger partial charge < -0.3 is 23.8 Å². The maximum absolute atomic E-state index is 12.3. The van der Waals surface area contributed by atoms with Crippen molar-refractivity contribution in [3.63, 3.8) is 0 Å². The zero-order chi connectivity index (χ0) is 18.0. The molecule has 2 aliphatic rings. The van der Waals surface area contributed by atoms with Crippen molar-refractivity contribution in [2.24, 2.45) is 0 Å². The zero-order valence-electron chi connectivity index (χ0n) is 14.7. The number of carbonyl (C=O) groups is 2.